The molecule has 4 heteroatoms. The monoisotopic (exact) mass is 320 g/mol. The number of nitrogens with one attached hydrogen (secondary N) is 1. The first-order valence-corrected chi connectivity index (χ1v) is 7.04. The predicted octanol–water partition coefficient (Wildman–Crippen LogP) is 4.03. The standard InChI is InChI=1S/C15H17BrN2O/c1-3-11-9-13(16)6-7-14(11)18-10-12-5-4-8-17-15(12)19-2/h4-9,18H,3,10H2,1-2H3. The van der Waals surface area contributed by atoms with Crippen molar-refractivity contribution >= 4 is 21.6 Å². The Morgan fingerprint density at radius 3 is 2.84 bits per heavy atom. The number of nitrogens with zero attached hydrogens (tertiary/aromatic N) is 1. The zero-order chi connectivity index (χ0) is 13.7. The van der Waals surface area contributed by atoms with Gasteiger partial charge in [-0.3, -0.25) is 0 Å². The van der Waals surface area contributed by atoms with Crippen molar-refractivity contribution in [2.75, 3.05) is 12.4 Å². The number of halogens is 1. The average Bonchev–Trinajstić information content (AvgIpc) is 2.46. The minimum absolute atomic E-state index is 0.671. The number of rotatable bonds is 5. The summed E-state index contributed by atoms with van der Waals surface area (Å²) in [4.78, 5) is 4.20. The van der Waals surface area contributed by atoms with E-state index >= 15 is 0 Å². The van der Waals surface area contributed by atoms with Crippen molar-refractivity contribution < 1.29 is 4.74 Å². The van der Waals surface area contributed by atoms with Crippen LogP contribution in [0.15, 0.2) is 41.0 Å². The van der Waals surface area contributed by atoms with Crippen LogP contribution in [0.1, 0.15) is 18.1 Å². The normalized spacial score (nSPS) is 10.3. The molecule has 3 nitrogen and oxygen atoms in total. The number of hydrogen-bond acceptors (Lipinski definition) is 3. The number of aryl methyl sites for hydroxylation is 1. The Hall–Kier alpha value is -1.55. The smallest absolute Gasteiger partial charge is 0.218 e. The van der Waals surface area contributed by atoms with Crippen LogP contribution >= 0.6 is 15.9 Å². The molecule has 1 aromatic carbocycles. The van der Waals surface area contributed by atoms with Gasteiger partial charge in [0.15, 0.2) is 0 Å². The molecule has 1 N–H and O–H groups in total. The lowest BCUT2D eigenvalue weighted by Gasteiger charge is -2.13. The van der Waals surface area contributed by atoms with Crippen LogP contribution in [0.4, 0.5) is 5.69 Å². The zero-order valence-corrected chi connectivity index (χ0v) is 12.7. The van der Waals surface area contributed by atoms with E-state index in [-0.39, 0.29) is 0 Å². The topological polar surface area (TPSA) is 34.2 Å². The zero-order valence-electron chi connectivity index (χ0n) is 11.1. The van der Waals surface area contributed by atoms with Gasteiger partial charge in [-0.25, -0.2) is 4.98 Å². The maximum absolute atomic E-state index is 5.25. The van der Waals surface area contributed by atoms with Gasteiger partial charge in [0.05, 0.1) is 7.11 Å². The Kier molecular flexibility index (Phi) is 4.80. The second-order valence-electron chi connectivity index (χ2n) is 4.18. The van der Waals surface area contributed by atoms with Gasteiger partial charge in [-0.1, -0.05) is 28.9 Å². The van der Waals surface area contributed by atoms with E-state index < -0.39 is 0 Å². The van der Waals surface area contributed by atoms with Crippen molar-refractivity contribution in [3.8, 4) is 5.88 Å². The second kappa shape index (κ2) is 6.57. The van der Waals surface area contributed by atoms with Gasteiger partial charge in [-0.2, -0.15) is 0 Å². The molecule has 0 fully saturated rings. The third-order valence-electron chi connectivity index (χ3n) is 2.96. The fraction of sp³-hybridized carbons (Fsp3) is 0.267. The van der Waals surface area contributed by atoms with Crippen LogP contribution < -0.4 is 10.1 Å². The van der Waals surface area contributed by atoms with Crippen molar-refractivity contribution in [1.82, 2.24) is 4.98 Å². The maximum atomic E-state index is 5.25. The summed E-state index contributed by atoms with van der Waals surface area (Å²) in [5.74, 6) is 0.671. The summed E-state index contributed by atoms with van der Waals surface area (Å²) in [5, 5.41) is 3.44. The van der Waals surface area contributed by atoms with Gasteiger partial charge in [0.1, 0.15) is 0 Å². The molecule has 0 aliphatic heterocycles. The van der Waals surface area contributed by atoms with Crippen LogP contribution in [0.2, 0.25) is 0 Å². The van der Waals surface area contributed by atoms with E-state index in [1.807, 2.05) is 18.2 Å². The number of anilines is 1. The fourth-order valence-corrected chi connectivity index (χ4v) is 2.37. The lowest BCUT2D eigenvalue weighted by molar-refractivity contribution is 0.393. The number of methoxy groups -OCH3 is 1. The van der Waals surface area contributed by atoms with Crippen LogP contribution in [-0.2, 0) is 13.0 Å². The summed E-state index contributed by atoms with van der Waals surface area (Å²) < 4.78 is 6.36. The SMILES string of the molecule is CCc1cc(Br)ccc1NCc1cccnc1OC. The van der Waals surface area contributed by atoms with Gasteiger partial charge in [-0.05, 0) is 36.2 Å². The molecule has 19 heavy (non-hydrogen) atoms. The first-order chi connectivity index (χ1) is 9.24. The molecular formula is C15H17BrN2O. The summed E-state index contributed by atoms with van der Waals surface area (Å²) in [7, 11) is 1.64. The molecule has 0 aliphatic carbocycles. The molecule has 0 spiro atoms. The van der Waals surface area contributed by atoms with Gasteiger partial charge < -0.3 is 10.1 Å². The summed E-state index contributed by atoms with van der Waals surface area (Å²) in [6.45, 7) is 2.85. The first kappa shape index (κ1) is 13.9. The first-order valence-electron chi connectivity index (χ1n) is 6.24. The van der Waals surface area contributed by atoms with E-state index in [0.29, 0.717) is 12.4 Å². The van der Waals surface area contributed by atoms with E-state index in [1.165, 1.54) is 5.56 Å². The fourth-order valence-electron chi connectivity index (χ4n) is 1.96. The van der Waals surface area contributed by atoms with Crippen molar-refractivity contribution in [3.63, 3.8) is 0 Å². The Morgan fingerprint density at radius 1 is 1.26 bits per heavy atom. The third kappa shape index (κ3) is 3.47. The molecule has 0 aliphatic rings. The lowest BCUT2D eigenvalue weighted by Crippen LogP contribution is -2.04. The number of pyridine rings is 1. The number of aromatic nitrogens is 1. The van der Waals surface area contributed by atoms with Crippen LogP contribution in [0, 0.1) is 0 Å². The molecule has 2 aromatic rings. The van der Waals surface area contributed by atoms with Crippen LogP contribution in [-0.4, -0.2) is 12.1 Å². The van der Waals surface area contributed by atoms with E-state index in [1.54, 1.807) is 13.3 Å². The molecule has 0 bridgehead atoms. The molecule has 0 unspecified atom stereocenters. The quantitative estimate of drug-likeness (QED) is 0.903. The molecule has 0 amide bonds. The predicted molar refractivity (Wildman–Crippen MR) is 81.6 cm³/mol. The van der Waals surface area contributed by atoms with Crippen LogP contribution in [0.3, 0.4) is 0 Å². The molecule has 2 rings (SSSR count). The van der Waals surface area contributed by atoms with Gasteiger partial charge in [0.25, 0.3) is 0 Å². The highest BCUT2D eigenvalue weighted by molar-refractivity contribution is 9.10. The second-order valence-corrected chi connectivity index (χ2v) is 5.10. The lowest BCUT2D eigenvalue weighted by atomic mass is 10.1. The third-order valence-corrected chi connectivity index (χ3v) is 3.45. The Morgan fingerprint density at radius 2 is 2.11 bits per heavy atom. The molecular weight excluding hydrogens is 304 g/mol. The number of ether oxygens (including phenoxy) is 1. The number of hydrogen-bond donors (Lipinski definition) is 1. The van der Waals surface area contributed by atoms with Crippen molar-refractivity contribution in [3.05, 3.63) is 52.1 Å². The summed E-state index contributed by atoms with van der Waals surface area (Å²) >= 11 is 3.50. The van der Waals surface area contributed by atoms with Crippen LogP contribution in [0.25, 0.3) is 0 Å². The van der Waals surface area contributed by atoms with Gasteiger partial charge in [-0.15, -0.1) is 0 Å². The van der Waals surface area contributed by atoms with Gasteiger partial charge in [0, 0.05) is 28.5 Å². The Balaban J connectivity index is 2.14. The minimum Gasteiger partial charge on any atom is -0.481 e. The van der Waals surface area contributed by atoms with Crippen molar-refractivity contribution in [1.29, 1.82) is 0 Å². The average molecular weight is 321 g/mol. The van der Waals surface area contributed by atoms with E-state index in [9.17, 15) is 0 Å². The van der Waals surface area contributed by atoms with Gasteiger partial charge >= 0.3 is 0 Å². The number of benzene rings is 1. The summed E-state index contributed by atoms with van der Waals surface area (Å²) in [5.41, 5.74) is 3.49. The highest BCUT2D eigenvalue weighted by atomic mass is 79.9. The molecule has 1 heterocycles. The van der Waals surface area contributed by atoms with E-state index in [2.05, 4.69) is 45.3 Å². The Labute approximate surface area is 122 Å². The minimum atomic E-state index is 0.671. The highest BCUT2D eigenvalue weighted by Gasteiger charge is 2.05. The van der Waals surface area contributed by atoms with Gasteiger partial charge in [0.2, 0.25) is 5.88 Å². The largest absolute Gasteiger partial charge is 0.481 e. The molecule has 0 saturated heterocycles. The molecule has 100 valence electrons. The van der Waals surface area contributed by atoms with Crippen LogP contribution in [0.5, 0.6) is 5.88 Å². The summed E-state index contributed by atoms with van der Waals surface area (Å²) in [6.07, 6.45) is 2.73. The highest BCUT2D eigenvalue weighted by Crippen LogP contribution is 2.23. The van der Waals surface area contributed by atoms with E-state index in [0.717, 1.165) is 22.1 Å². The Bertz CT molecular complexity index is 558. The molecule has 0 saturated carbocycles. The molecule has 1 aromatic heterocycles. The van der Waals surface area contributed by atoms with Crippen molar-refractivity contribution in [2.24, 2.45) is 0 Å². The maximum Gasteiger partial charge on any atom is 0.218 e. The summed E-state index contributed by atoms with van der Waals surface area (Å²) in [6, 6.07) is 10.2. The molecule has 0 radical (unpaired) electrons. The van der Waals surface area contributed by atoms with Crippen molar-refractivity contribution in [2.45, 2.75) is 19.9 Å². The van der Waals surface area contributed by atoms with E-state index in [4.69, 9.17) is 4.74 Å². The molecule has 0 atom stereocenters.